The van der Waals surface area contributed by atoms with Gasteiger partial charge in [0.15, 0.2) is 0 Å². The van der Waals surface area contributed by atoms with Gasteiger partial charge in [-0.2, -0.15) is 0 Å². The van der Waals surface area contributed by atoms with Gasteiger partial charge in [-0.1, -0.05) is 19.3 Å². The number of nitrogens with one attached hydrogen (secondary N) is 1. The van der Waals surface area contributed by atoms with Crippen LogP contribution >= 0.6 is 0 Å². The Hall–Kier alpha value is -0.120. The third-order valence-corrected chi connectivity index (χ3v) is 5.73. The minimum absolute atomic E-state index is 0.581. The molecule has 0 aromatic heterocycles. The Morgan fingerprint density at radius 3 is 2.29 bits per heavy atom. The molecule has 3 aliphatic rings. The van der Waals surface area contributed by atoms with Gasteiger partial charge in [0.25, 0.3) is 0 Å². The molecular formula is C14H27N3. The lowest BCUT2D eigenvalue weighted by atomic mass is 9.75. The van der Waals surface area contributed by atoms with Gasteiger partial charge < -0.3 is 4.90 Å². The van der Waals surface area contributed by atoms with Crippen LogP contribution in [0.25, 0.3) is 0 Å². The van der Waals surface area contributed by atoms with Crippen molar-refractivity contribution in [3.8, 4) is 0 Å². The van der Waals surface area contributed by atoms with Crippen molar-refractivity contribution < 1.29 is 0 Å². The number of rotatable bonds is 4. The summed E-state index contributed by atoms with van der Waals surface area (Å²) in [5.41, 5.74) is 3.14. The smallest absolute Gasteiger partial charge is 0.0242 e. The molecule has 2 heterocycles. The Labute approximate surface area is 105 Å². The molecule has 17 heavy (non-hydrogen) atoms. The molecule has 0 amide bonds. The molecule has 3 fully saturated rings. The van der Waals surface area contributed by atoms with Crippen LogP contribution in [0.3, 0.4) is 0 Å². The van der Waals surface area contributed by atoms with Gasteiger partial charge in [-0.05, 0) is 51.0 Å². The van der Waals surface area contributed by atoms with E-state index in [-0.39, 0.29) is 0 Å². The van der Waals surface area contributed by atoms with Crippen LogP contribution < -0.4 is 11.3 Å². The summed E-state index contributed by atoms with van der Waals surface area (Å²) in [4.78, 5) is 2.62. The molecule has 3 nitrogen and oxygen atoms in total. The first-order valence-electron chi connectivity index (χ1n) is 7.46. The van der Waals surface area contributed by atoms with Gasteiger partial charge in [-0.3, -0.25) is 11.3 Å². The van der Waals surface area contributed by atoms with E-state index in [2.05, 4.69) is 17.4 Å². The fraction of sp³-hybridized carbons (Fsp3) is 1.00. The van der Waals surface area contributed by atoms with E-state index in [0.717, 1.165) is 23.9 Å². The quantitative estimate of drug-likeness (QED) is 0.579. The fourth-order valence-corrected chi connectivity index (χ4v) is 4.27. The summed E-state index contributed by atoms with van der Waals surface area (Å²) in [5.74, 6) is 7.61. The Balaban J connectivity index is 1.59. The summed E-state index contributed by atoms with van der Waals surface area (Å²) in [5, 5.41) is 0. The summed E-state index contributed by atoms with van der Waals surface area (Å²) < 4.78 is 0. The zero-order chi connectivity index (χ0) is 11.8. The van der Waals surface area contributed by atoms with Crippen LogP contribution in [-0.2, 0) is 0 Å². The van der Waals surface area contributed by atoms with Crippen molar-refractivity contribution in [1.82, 2.24) is 10.3 Å². The highest BCUT2D eigenvalue weighted by atomic mass is 15.2. The molecule has 0 aromatic rings. The van der Waals surface area contributed by atoms with E-state index < -0.39 is 0 Å². The zero-order valence-electron chi connectivity index (χ0n) is 11.1. The number of fused-ring (bicyclic) bond motifs is 2. The van der Waals surface area contributed by atoms with Gasteiger partial charge in [0.2, 0.25) is 0 Å². The lowest BCUT2D eigenvalue weighted by Crippen LogP contribution is -2.49. The monoisotopic (exact) mass is 237 g/mol. The first kappa shape index (κ1) is 11.9. The van der Waals surface area contributed by atoms with Crippen LogP contribution in [0.2, 0.25) is 0 Å². The normalized spacial score (nSPS) is 40.2. The first-order valence-corrected chi connectivity index (χ1v) is 7.46. The number of hydrazine groups is 1. The molecular weight excluding hydrogens is 210 g/mol. The van der Waals surface area contributed by atoms with Gasteiger partial charge in [-0.15, -0.1) is 0 Å². The summed E-state index contributed by atoms with van der Waals surface area (Å²) in [7, 11) is 2.31. The van der Waals surface area contributed by atoms with Crippen molar-refractivity contribution in [1.29, 1.82) is 0 Å². The molecule has 3 atom stereocenters. The van der Waals surface area contributed by atoms with E-state index in [0.29, 0.717) is 6.04 Å². The second-order valence-corrected chi connectivity index (χ2v) is 6.59. The number of hydrogen-bond acceptors (Lipinski definition) is 3. The van der Waals surface area contributed by atoms with Crippen LogP contribution in [0.1, 0.15) is 51.4 Å². The zero-order valence-corrected chi connectivity index (χ0v) is 11.1. The summed E-state index contributed by atoms with van der Waals surface area (Å²) in [6.45, 7) is 0. The highest BCUT2D eigenvalue weighted by molar-refractivity contribution is 4.97. The lowest BCUT2D eigenvalue weighted by molar-refractivity contribution is 0.0988. The molecule has 0 spiro atoms. The van der Waals surface area contributed by atoms with Gasteiger partial charge in [-0.25, -0.2) is 0 Å². The number of nitrogens with zero attached hydrogens (tertiary/aromatic N) is 1. The van der Waals surface area contributed by atoms with Crippen molar-refractivity contribution >= 4 is 0 Å². The average molecular weight is 237 g/mol. The van der Waals surface area contributed by atoms with Crippen molar-refractivity contribution in [2.75, 3.05) is 7.05 Å². The molecule has 98 valence electrons. The van der Waals surface area contributed by atoms with Gasteiger partial charge >= 0.3 is 0 Å². The number of piperidine rings is 1. The second-order valence-electron chi connectivity index (χ2n) is 6.59. The maximum absolute atomic E-state index is 5.81. The molecule has 1 aliphatic carbocycles. The Morgan fingerprint density at radius 1 is 1.18 bits per heavy atom. The topological polar surface area (TPSA) is 41.3 Å². The predicted molar refractivity (Wildman–Crippen MR) is 70.4 cm³/mol. The van der Waals surface area contributed by atoms with E-state index in [1.165, 1.54) is 51.4 Å². The van der Waals surface area contributed by atoms with Crippen LogP contribution in [-0.4, -0.2) is 30.1 Å². The van der Waals surface area contributed by atoms with Crippen LogP contribution in [0, 0.1) is 11.8 Å². The minimum Gasteiger partial charge on any atom is -0.300 e. The van der Waals surface area contributed by atoms with Crippen molar-refractivity contribution in [2.24, 2.45) is 17.7 Å². The Bertz CT molecular complexity index is 250. The molecule has 0 radical (unpaired) electrons. The Morgan fingerprint density at radius 2 is 1.82 bits per heavy atom. The standard InChI is InChI=1S/C14H27N3/c1-17-12-5-6-13(17)9-11(8-12)14(16-15)7-10-3-2-4-10/h10-14,16H,2-9,15H2,1H3. The molecule has 3 rings (SSSR count). The third-order valence-electron chi connectivity index (χ3n) is 5.73. The number of nitrogens with two attached hydrogens (primary N) is 1. The molecule has 0 aromatic carbocycles. The highest BCUT2D eigenvalue weighted by Crippen LogP contribution is 2.41. The van der Waals surface area contributed by atoms with Crippen molar-refractivity contribution in [3.05, 3.63) is 0 Å². The van der Waals surface area contributed by atoms with Gasteiger partial charge in [0.1, 0.15) is 0 Å². The average Bonchev–Trinajstić information content (AvgIpc) is 2.52. The molecule has 2 aliphatic heterocycles. The van der Waals surface area contributed by atoms with Crippen molar-refractivity contribution in [2.45, 2.75) is 69.5 Å². The molecule has 1 saturated carbocycles. The van der Waals surface area contributed by atoms with Crippen LogP contribution in [0.4, 0.5) is 0 Å². The van der Waals surface area contributed by atoms with E-state index in [9.17, 15) is 0 Å². The summed E-state index contributed by atoms with van der Waals surface area (Å²) in [6.07, 6.45) is 11.2. The van der Waals surface area contributed by atoms with Crippen LogP contribution in [0.5, 0.6) is 0 Å². The number of hydrogen-bond donors (Lipinski definition) is 2. The van der Waals surface area contributed by atoms with Crippen LogP contribution in [0.15, 0.2) is 0 Å². The second kappa shape index (κ2) is 4.87. The summed E-state index contributed by atoms with van der Waals surface area (Å²) in [6, 6.07) is 2.27. The lowest BCUT2D eigenvalue weighted by Gasteiger charge is -2.41. The highest BCUT2D eigenvalue weighted by Gasteiger charge is 2.41. The molecule has 3 N–H and O–H groups in total. The van der Waals surface area contributed by atoms with Crippen molar-refractivity contribution in [3.63, 3.8) is 0 Å². The fourth-order valence-electron chi connectivity index (χ4n) is 4.27. The van der Waals surface area contributed by atoms with E-state index in [1.54, 1.807) is 0 Å². The molecule has 3 heteroatoms. The maximum atomic E-state index is 5.81. The third kappa shape index (κ3) is 2.25. The molecule has 3 unspecified atom stereocenters. The largest absolute Gasteiger partial charge is 0.300 e. The molecule has 2 bridgehead atoms. The SMILES string of the molecule is CN1C2CCC1CC(C(CC1CCC1)NN)C2. The van der Waals surface area contributed by atoms with E-state index in [4.69, 9.17) is 5.84 Å². The first-order chi connectivity index (χ1) is 8.28. The Kier molecular flexibility index (Phi) is 3.42. The summed E-state index contributed by atoms with van der Waals surface area (Å²) >= 11 is 0. The minimum atomic E-state index is 0.581. The van der Waals surface area contributed by atoms with E-state index in [1.807, 2.05) is 0 Å². The molecule has 2 saturated heterocycles. The predicted octanol–water partition coefficient (Wildman–Crippen LogP) is 1.88. The van der Waals surface area contributed by atoms with Gasteiger partial charge in [0, 0.05) is 18.1 Å². The van der Waals surface area contributed by atoms with E-state index >= 15 is 0 Å². The maximum Gasteiger partial charge on any atom is 0.0242 e. The van der Waals surface area contributed by atoms with Gasteiger partial charge in [0.05, 0.1) is 0 Å².